The van der Waals surface area contributed by atoms with Crippen LogP contribution >= 0.6 is 23.1 Å². The summed E-state index contributed by atoms with van der Waals surface area (Å²) in [5, 5.41) is 3.40. The van der Waals surface area contributed by atoms with E-state index in [-0.39, 0.29) is 0 Å². The van der Waals surface area contributed by atoms with Gasteiger partial charge in [0.25, 0.3) is 0 Å². The minimum atomic E-state index is 1.02. The Labute approximate surface area is 155 Å². The van der Waals surface area contributed by atoms with Crippen molar-refractivity contribution < 1.29 is 0 Å². The van der Waals surface area contributed by atoms with Crippen LogP contribution in [0.15, 0.2) is 28.6 Å². The summed E-state index contributed by atoms with van der Waals surface area (Å²) in [5.41, 5.74) is 3.93. The third-order valence-corrected chi connectivity index (χ3v) is 6.09. The SMILES string of the molecule is Cc1cc(C)c(Cc2cccs2)c(SCCCCCCN(C)C)n1. The Morgan fingerprint density at radius 3 is 2.62 bits per heavy atom. The van der Waals surface area contributed by atoms with E-state index >= 15 is 0 Å². The molecule has 132 valence electrons. The molecule has 24 heavy (non-hydrogen) atoms. The molecule has 0 radical (unpaired) electrons. The van der Waals surface area contributed by atoms with Gasteiger partial charge >= 0.3 is 0 Å². The minimum absolute atomic E-state index is 1.02. The van der Waals surface area contributed by atoms with E-state index in [0.29, 0.717) is 0 Å². The molecule has 2 aromatic rings. The maximum absolute atomic E-state index is 4.83. The number of aryl methyl sites for hydroxylation is 2. The lowest BCUT2D eigenvalue weighted by Crippen LogP contribution is -2.12. The number of aromatic nitrogens is 1. The van der Waals surface area contributed by atoms with Crippen LogP contribution in [0.25, 0.3) is 0 Å². The highest BCUT2D eigenvalue weighted by Gasteiger charge is 2.11. The highest BCUT2D eigenvalue weighted by atomic mass is 32.2. The lowest BCUT2D eigenvalue weighted by Gasteiger charge is -2.12. The fourth-order valence-corrected chi connectivity index (χ4v) is 4.68. The van der Waals surface area contributed by atoms with Crippen molar-refractivity contribution in [2.24, 2.45) is 0 Å². The number of hydrogen-bond donors (Lipinski definition) is 0. The van der Waals surface area contributed by atoms with Crippen molar-refractivity contribution in [3.8, 4) is 0 Å². The van der Waals surface area contributed by atoms with Gasteiger partial charge in [0.15, 0.2) is 0 Å². The molecule has 0 aliphatic heterocycles. The van der Waals surface area contributed by atoms with Crippen LogP contribution in [-0.2, 0) is 6.42 Å². The van der Waals surface area contributed by atoms with Crippen LogP contribution in [0.5, 0.6) is 0 Å². The van der Waals surface area contributed by atoms with Crippen molar-refractivity contribution in [1.29, 1.82) is 0 Å². The smallest absolute Gasteiger partial charge is 0.100 e. The molecule has 2 heterocycles. The molecule has 2 aromatic heterocycles. The molecule has 0 saturated heterocycles. The summed E-state index contributed by atoms with van der Waals surface area (Å²) in [4.78, 5) is 8.53. The Balaban J connectivity index is 1.87. The molecule has 0 fully saturated rings. The Morgan fingerprint density at radius 1 is 1.12 bits per heavy atom. The standard InChI is InChI=1S/C20H30N2S2/c1-16-14-17(2)21-20(19(16)15-18-10-9-13-23-18)24-12-8-6-5-7-11-22(3)4/h9-10,13-14H,5-8,11-12,15H2,1-4H3. The summed E-state index contributed by atoms with van der Waals surface area (Å²) in [6.45, 7) is 5.53. The van der Waals surface area contributed by atoms with Crippen LogP contribution in [0.2, 0.25) is 0 Å². The van der Waals surface area contributed by atoms with Gasteiger partial charge < -0.3 is 4.90 Å². The van der Waals surface area contributed by atoms with E-state index in [0.717, 1.165) is 12.1 Å². The number of nitrogens with zero attached hydrogens (tertiary/aromatic N) is 2. The summed E-state index contributed by atoms with van der Waals surface area (Å²) < 4.78 is 0. The molecular weight excluding hydrogens is 332 g/mol. The molecule has 0 aromatic carbocycles. The van der Waals surface area contributed by atoms with Crippen molar-refractivity contribution in [2.45, 2.75) is 51.0 Å². The van der Waals surface area contributed by atoms with Gasteiger partial charge in [-0.05, 0) is 81.7 Å². The monoisotopic (exact) mass is 362 g/mol. The van der Waals surface area contributed by atoms with Crippen molar-refractivity contribution in [2.75, 3.05) is 26.4 Å². The van der Waals surface area contributed by atoms with Crippen LogP contribution < -0.4 is 0 Å². The van der Waals surface area contributed by atoms with Crippen molar-refractivity contribution in [3.63, 3.8) is 0 Å². The van der Waals surface area contributed by atoms with E-state index in [1.807, 2.05) is 23.1 Å². The highest BCUT2D eigenvalue weighted by Crippen LogP contribution is 2.28. The molecule has 0 bridgehead atoms. The average Bonchev–Trinajstić information content (AvgIpc) is 3.02. The van der Waals surface area contributed by atoms with Gasteiger partial charge in [0.2, 0.25) is 0 Å². The first-order chi connectivity index (χ1) is 11.6. The van der Waals surface area contributed by atoms with Gasteiger partial charge in [0.05, 0.1) is 0 Å². The molecular formula is C20H30N2S2. The van der Waals surface area contributed by atoms with Gasteiger partial charge in [0.1, 0.15) is 5.03 Å². The lowest BCUT2D eigenvalue weighted by atomic mass is 10.1. The Kier molecular flexibility index (Phi) is 8.30. The molecule has 0 spiro atoms. The number of thiophene rings is 1. The maximum atomic E-state index is 4.83. The van der Waals surface area contributed by atoms with Gasteiger partial charge in [-0.2, -0.15) is 0 Å². The molecule has 0 aliphatic rings. The molecule has 0 N–H and O–H groups in total. The molecule has 0 atom stereocenters. The fraction of sp³-hybridized carbons (Fsp3) is 0.550. The molecule has 2 rings (SSSR count). The molecule has 0 saturated carbocycles. The number of unbranched alkanes of at least 4 members (excludes halogenated alkanes) is 3. The van der Waals surface area contributed by atoms with Gasteiger partial charge in [-0.3, -0.25) is 0 Å². The lowest BCUT2D eigenvalue weighted by molar-refractivity contribution is 0.391. The zero-order valence-electron chi connectivity index (χ0n) is 15.5. The van der Waals surface area contributed by atoms with Crippen molar-refractivity contribution >= 4 is 23.1 Å². The number of thioether (sulfide) groups is 1. The second kappa shape index (κ2) is 10.2. The number of pyridine rings is 1. The van der Waals surface area contributed by atoms with Crippen LogP contribution in [0.1, 0.15) is 47.4 Å². The number of rotatable bonds is 10. The van der Waals surface area contributed by atoms with Crippen LogP contribution in [0.3, 0.4) is 0 Å². The summed E-state index contributed by atoms with van der Waals surface area (Å²) in [6.07, 6.45) is 6.27. The first kappa shape index (κ1) is 19.5. The minimum Gasteiger partial charge on any atom is -0.309 e. The van der Waals surface area contributed by atoms with E-state index in [2.05, 4.69) is 56.4 Å². The molecule has 0 aliphatic carbocycles. The Bertz CT molecular complexity index is 606. The van der Waals surface area contributed by atoms with Crippen molar-refractivity contribution in [3.05, 3.63) is 45.3 Å². The normalized spacial score (nSPS) is 11.4. The highest BCUT2D eigenvalue weighted by molar-refractivity contribution is 7.99. The molecule has 4 heteroatoms. The van der Waals surface area contributed by atoms with Gasteiger partial charge in [-0.25, -0.2) is 4.98 Å². The van der Waals surface area contributed by atoms with Gasteiger partial charge in [-0.1, -0.05) is 18.9 Å². The van der Waals surface area contributed by atoms with Gasteiger partial charge in [0, 0.05) is 17.0 Å². The van der Waals surface area contributed by atoms with Crippen LogP contribution in [-0.4, -0.2) is 36.3 Å². The van der Waals surface area contributed by atoms with E-state index in [1.165, 1.54) is 59.0 Å². The van der Waals surface area contributed by atoms with E-state index in [4.69, 9.17) is 4.98 Å². The first-order valence-corrected chi connectivity index (χ1v) is 10.7. The van der Waals surface area contributed by atoms with E-state index in [1.54, 1.807) is 0 Å². The topological polar surface area (TPSA) is 16.1 Å². The van der Waals surface area contributed by atoms with E-state index in [9.17, 15) is 0 Å². The van der Waals surface area contributed by atoms with Crippen LogP contribution in [0.4, 0.5) is 0 Å². The Hall–Kier alpha value is -0.840. The second-order valence-electron chi connectivity index (χ2n) is 6.69. The fourth-order valence-electron chi connectivity index (χ4n) is 2.80. The largest absolute Gasteiger partial charge is 0.309 e. The predicted molar refractivity (Wildman–Crippen MR) is 109 cm³/mol. The third kappa shape index (κ3) is 6.58. The quantitative estimate of drug-likeness (QED) is 0.406. The molecule has 2 nitrogen and oxygen atoms in total. The number of hydrogen-bond acceptors (Lipinski definition) is 4. The zero-order valence-corrected chi connectivity index (χ0v) is 17.1. The van der Waals surface area contributed by atoms with E-state index < -0.39 is 0 Å². The maximum Gasteiger partial charge on any atom is 0.100 e. The van der Waals surface area contributed by atoms with Crippen LogP contribution in [0, 0.1) is 13.8 Å². The second-order valence-corrected chi connectivity index (χ2v) is 8.80. The molecule has 0 unspecified atom stereocenters. The average molecular weight is 363 g/mol. The third-order valence-electron chi connectivity index (χ3n) is 4.11. The summed E-state index contributed by atoms with van der Waals surface area (Å²) in [6, 6.07) is 6.58. The Morgan fingerprint density at radius 2 is 1.92 bits per heavy atom. The summed E-state index contributed by atoms with van der Waals surface area (Å²) in [5.74, 6) is 1.18. The van der Waals surface area contributed by atoms with Crippen molar-refractivity contribution in [1.82, 2.24) is 9.88 Å². The first-order valence-electron chi connectivity index (χ1n) is 8.83. The zero-order chi connectivity index (χ0) is 17.4. The summed E-state index contributed by atoms with van der Waals surface area (Å²) >= 11 is 3.78. The van der Waals surface area contributed by atoms with Gasteiger partial charge in [-0.15, -0.1) is 23.1 Å². The molecule has 0 amide bonds. The predicted octanol–water partition coefficient (Wildman–Crippen LogP) is 5.56. The summed E-state index contributed by atoms with van der Waals surface area (Å²) in [7, 11) is 4.30.